The van der Waals surface area contributed by atoms with Crippen molar-refractivity contribution in [1.29, 1.82) is 0 Å². The SMILES string of the molecule is CN(Cc1ccc(Cl)cc1)CC1CCCC1CN. The third-order valence-corrected chi connectivity index (χ3v) is 4.28. The minimum Gasteiger partial charge on any atom is -0.330 e. The average molecular weight is 267 g/mol. The molecule has 18 heavy (non-hydrogen) atoms. The van der Waals surface area contributed by atoms with Gasteiger partial charge in [0, 0.05) is 18.1 Å². The molecule has 1 saturated carbocycles. The number of benzene rings is 1. The highest BCUT2D eigenvalue weighted by molar-refractivity contribution is 6.30. The third-order valence-electron chi connectivity index (χ3n) is 4.03. The van der Waals surface area contributed by atoms with Crippen LogP contribution in [0.25, 0.3) is 0 Å². The Labute approximate surface area is 115 Å². The largest absolute Gasteiger partial charge is 0.330 e. The molecule has 2 rings (SSSR count). The lowest BCUT2D eigenvalue weighted by molar-refractivity contribution is 0.237. The Morgan fingerprint density at radius 3 is 2.56 bits per heavy atom. The van der Waals surface area contributed by atoms with Crippen molar-refractivity contribution < 1.29 is 0 Å². The van der Waals surface area contributed by atoms with Crippen LogP contribution in [-0.4, -0.2) is 25.0 Å². The van der Waals surface area contributed by atoms with Crippen LogP contribution in [0.4, 0.5) is 0 Å². The zero-order valence-electron chi connectivity index (χ0n) is 11.1. The van der Waals surface area contributed by atoms with E-state index in [2.05, 4.69) is 24.1 Å². The van der Waals surface area contributed by atoms with E-state index in [0.29, 0.717) is 0 Å². The second-order valence-electron chi connectivity index (χ2n) is 5.51. The van der Waals surface area contributed by atoms with Crippen LogP contribution in [0.5, 0.6) is 0 Å². The van der Waals surface area contributed by atoms with Gasteiger partial charge in [0.2, 0.25) is 0 Å². The molecule has 3 heteroatoms. The van der Waals surface area contributed by atoms with Crippen LogP contribution in [-0.2, 0) is 6.54 Å². The lowest BCUT2D eigenvalue weighted by Gasteiger charge is -2.25. The molecule has 0 saturated heterocycles. The van der Waals surface area contributed by atoms with Gasteiger partial charge in [-0.1, -0.05) is 30.2 Å². The van der Waals surface area contributed by atoms with Gasteiger partial charge in [-0.25, -0.2) is 0 Å². The van der Waals surface area contributed by atoms with Crippen LogP contribution < -0.4 is 5.73 Å². The van der Waals surface area contributed by atoms with Crippen LogP contribution in [0.1, 0.15) is 24.8 Å². The van der Waals surface area contributed by atoms with Gasteiger partial charge in [-0.15, -0.1) is 0 Å². The van der Waals surface area contributed by atoms with Gasteiger partial charge >= 0.3 is 0 Å². The first kappa shape index (κ1) is 13.9. The van der Waals surface area contributed by atoms with Gasteiger partial charge in [0.15, 0.2) is 0 Å². The molecule has 1 aliphatic carbocycles. The first-order valence-electron chi connectivity index (χ1n) is 6.82. The molecule has 0 amide bonds. The van der Waals surface area contributed by atoms with Gasteiger partial charge in [0.1, 0.15) is 0 Å². The van der Waals surface area contributed by atoms with Crippen molar-refractivity contribution in [2.45, 2.75) is 25.8 Å². The Bertz CT molecular complexity index is 363. The van der Waals surface area contributed by atoms with Crippen molar-refractivity contribution in [1.82, 2.24) is 4.90 Å². The van der Waals surface area contributed by atoms with Gasteiger partial charge in [-0.05, 0) is 56.0 Å². The second-order valence-corrected chi connectivity index (χ2v) is 5.95. The predicted octanol–water partition coefficient (Wildman–Crippen LogP) is 3.15. The number of rotatable bonds is 5. The summed E-state index contributed by atoms with van der Waals surface area (Å²) in [7, 11) is 2.19. The molecule has 0 spiro atoms. The number of nitrogens with two attached hydrogens (primary N) is 1. The minimum atomic E-state index is 0.734. The molecule has 1 aromatic carbocycles. The Morgan fingerprint density at radius 1 is 1.22 bits per heavy atom. The Morgan fingerprint density at radius 2 is 1.89 bits per heavy atom. The quantitative estimate of drug-likeness (QED) is 0.887. The molecule has 100 valence electrons. The van der Waals surface area contributed by atoms with Crippen LogP contribution in [0, 0.1) is 11.8 Å². The number of halogens is 1. The van der Waals surface area contributed by atoms with Gasteiger partial charge in [0.05, 0.1) is 0 Å². The molecule has 1 fully saturated rings. The first-order chi connectivity index (χ1) is 8.69. The molecule has 2 nitrogen and oxygen atoms in total. The molecule has 0 aliphatic heterocycles. The van der Waals surface area contributed by atoms with E-state index in [0.717, 1.165) is 36.5 Å². The molecular formula is C15H23ClN2. The minimum absolute atomic E-state index is 0.734. The van der Waals surface area contributed by atoms with Gasteiger partial charge in [-0.3, -0.25) is 0 Å². The van der Waals surface area contributed by atoms with E-state index in [4.69, 9.17) is 17.3 Å². The van der Waals surface area contributed by atoms with Gasteiger partial charge in [0.25, 0.3) is 0 Å². The van der Waals surface area contributed by atoms with Crippen molar-refractivity contribution in [3.05, 3.63) is 34.9 Å². The van der Waals surface area contributed by atoms with Crippen molar-refractivity contribution in [3.63, 3.8) is 0 Å². The number of hydrogen-bond acceptors (Lipinski definition) is 2. The number of hydrogen-bond donors (Lipinski definition) is 1. The van der Waals surface area contributed by atoms with E-state index in [1.165, 1.54) is 24.8 Å². The molecule has 2 unspecified atom stereocenters. The standard InChI is InChI=1S/C15H23ClN2/c1-18(10-12-5-7-15(16)8-6-12)11-14-4-2-3-13(14)9-17/h5-8,13-14H,2-4,9-11,17H2,1H3. The Balaban J connectivity index is 1.84. The van der Waals surface area contributed by atoms with E-state index in [9.17, 15) is 0 Å². The van der Waals surface area contributed by atoms with E-state index in [1.54, 1.807) is 0 Å². The summed E-state index contributed by atoms with van der Waals surface area (Å²) in [6.45, 7) is 2.99. The monoisotopic (exact) mass is 266 g/mol. The smallest absolute Gasteiger partial charge is 0.0406 e. The second kappa shape index (κ2) is 6.55. The maximum atomic E-state index is 5.90. The van der Waals surface area contributed by atoms with Crippen molar-refractivity contribution in [3.8, 4) is 0 Å². The molecule has 0 bridgehead atoms. The fourth-order valence-electron chi connectivity index (χ4n) is 3.03. The molecule has 1 aromatic rings. The molecule has 2 atom stereocenters. The molecule has 0 heterocycles. The first-order valence-corrected chi connectivity index (χ1v) is 7.20. The van der Waals surface area contributed by atoms with Crippen LogP contribution in [0.15, 0.2) is 24.3 Å². The van der Waals surface area contributed by atoms with Gasteiger partial charge < -0.3 is 10.6 Å². The summed E-state index contributed by atoms with van der Waals surface area (Å²) in [6.07, 6.45) is 4.00. The fraction of sp³-hybridized carbons (Fsp3) is 0.600. The Kier molecular flexibility index (Phi) is 5.04. The fourth-order valence-corrected chi connectivity index (χ4v) is 3.16. The molecule has 1 aliphatic rings. The summed E-state index contributed by atoms with van der Waals surface area (Å²) >= 11 is 5.90. The number of nitrogens with zero attached hydrogens (tertiary/aromatic N) is 1. The van der Waals surface area contributed by atoms with Crippen LogP contribution in [0.3, 0.4) is 0 Å². The summed E-state index contributed by atoms with van der Waals surface area (Å²) in [5, 5.41) is 0.806. The predicted molar refractivity (Wildman–Crippen MR) is 77.7 cm³/mol. The maximum absolute atomic E-state index is 5.90. The molecule has 0 radical (unpaired) electrons. The maximum Gasteiger partial charge on any atom is 0.0406 e. The highest BCUT2D eigenvalue weighted by Crippen LogP contribution is 2.31. The van der Waals surface area contributed by atoms with Gasteiger partial charge in [-0.2, -0.15) is 0 Å². The Hall–Kier alpha value is -0.570. The van der Waals surface area contributed by atoms with Crippen molar-refractivity contribution >= 4 is 11.6 Å². The topological polar surface area (TPSA) is 29.3 Å². The lowest BCUT2D eigenvalue weighted by Crippen LogP contribution is -2.30. The summed E-state index contributed by atoms with van der Waals surface area (Å²) < 4.78 is 0. The summed E-state index contributed by atoms with van der Waals surface area (Å²) in [4.78, 5) is 2.40. The van der Waals surface area contributed by atoms with Crippen LogP contribution >= 0.6 is 11.6 Å². The normalized spacial score (nSPS) is 23.8. The van der Waals surface area contributed by atoms with Crippen LogP contribution in [0.2, 0.25) is 5.02 Å². The third kappa shape index (κ3) is 3.71. The lowest BCUT2D eigenvalue weighted by atomic mass is 9.95. The zero-order chi connectivity index (χ0) is 13.0. The van der Waals surface area contributed by atoms with E-state index < -0.39 is 0 Å². The average Bonchev–Trinajstić information content (AvgIpc) is 2.79. The molecule has 0 aromatic heterocycles. The van der Waals surface area contributed by atoms with E-state index in [-0.39, 0.29) is 0 Å². The highest BCUT2D eigenvalue weighted by Gasteiger charge is 2.26. The zero-order valence-corrected chi connectivity index (χ0v) is 11.9. The van der Waals surface area contributed by atoms with Crippen molar-refractivity contribution in [2.75, 3.05) is 20.1 Å². The van der Waals surface area contributed by atoms with E-state index in [1.807, 2.05) is 12.1 Å². The van der Waals surface area contributed by atoms with E-state index >= 15 is 0 Å². The highest BCUT2D eigenvalue weighted by atomic mass is 35.5. The summed E-state index contributed by atoms with van der Waals surface area (Å²) in [5.41, 5.74) is 7.16. The molecular weight excluding hydrogens is 244 g/mol. The van der Waals surface area contributed by atoms with Crippen molar-refractivity contribution in [2.24, 2.45) is 17.6 Å². The molecule has 2 N–H and O–H groups in total. The summed E-state index contributed by atoms with van der Waals surface area (Å²) in [5.74, 6) is 1.52. The summed E-state index contributed by atoms with van der Waals surface area (Å²) in [6, 6.07) is 8.13.